The lowest BCUT2D eigenvalue weighted by molar-refractivity contribution is -0.274. The van der Waals surface area contributed by atoms with Crippen molar-refractivity contribution in [2.75, 3.05) is 5.32 Å². The maximum atomic E-state index is 14.1. The number of benzodiazepines with no additional fused rings is 1. The summed E-state index contributed by atoms with van der Waals surface area (Å²) in [6.07, 6.45) is -7.76. The Bertz CT molecular complexity index is 1290. The molecular weight excluding hydrogens is 482 g/mol. The van der Waals surface area contributed by atoms with Crippen LogP contribution in [0, 0.1) is 5.82 Å². The zero-order valence-electron chi connectivity index (χ0n) is 18.5. The fraction of sp³-hybridized carbons (Fsp3) is 0.160. The van der Waals surface area contributed by atoms with Crippen LogP contribution in [0.4, 0.5) is 28.0 Å². The van der Waals surface area contributed by atoms with Gasteiger partial charge in [-0.05, 0) is 41.5 Å². The predicted octanol–water partition coefficient (Wildman–Crippen LogP) is 5.21. The van der Waals surface area contributed by atoms with Gasteiger partial charge < -0.3 is 15.2 Å². The Labute approximate surface area is 202 Å². The lowest BCUT2D eigenvalue weighted by Crippen LogP contribution is -2.45. The van der Waals surface area contributed by atoms with Crippen molar-refractivity contribution in [3.05, 3.63) is 95.3 Å². The van der Waals surface area contributed by atoms with E-state index in [0.29, 0.717) is 11.1 Å². The highest BCUT2D eigenvalue weighted by atomic mass is 19.4. The summed E-state index contributed by atoms with van der Waals surface area (Å²) in [6.45, 7) is -0.140. The quantitative estimate of drug-likeness (QED) is 0.454. The van der Waals surface area contributed by atoms with Crippen LogP contribution in [0.3, 0.4) is 0 Å². The molecule has 0 saturated carbocycles. The topological polar surface area (TPSA) is 91.2 Å². The number of halogens is 4. The third-order valence-corrected chi connectivity index (χ3v) is 5.33. The molecule has 2 N–H and O–H groups in total. The van der Waals surface area contributed by atoms with Gasteiger partial charge in [0.25, 0.3) is 5.91 Å². The third kappa shape index (κ3) is 5.98. The van der Waals surface area contributed by atoms with Gasteiger partial charge in [-0.2, -0.15) is 0 Å². The largest absolute Gasteiger partial charge is 0.573 e. The van der Waals surface area contributed by atoms with E-state index in [1.54, 1.807) is 30.3 Å². The summed E-state index contributed by atoms with van der Waals surface area (Å²) in [5.74, 6) is -1.76. The molecule has 0 fully saturated rings. The summed E-state index contributed by atoms with van der Waals surface area (Å²) in [5, 5.41) is 12.5. The summed E-state index contributed by atoms with van der Waals surface area (Å²) in [7, 11) is 0. The van der Waals surface area contributed by atoms with Gasteiger partial charge in [-0.25, -0.2) is 9.18 Å². The molecule has 1 atom stereocenters. The number of nitrogens with one attached hydrogen (secondary N) is 1. The van der Waals surface area contributed by atoms with Crippen molar-refractivity contribution in [2.45, 2.75) is 25.5 Å². The molecule has 1 aliphatic heterocycles. The van der Waals surface area contributed by atoms with Gasteiger partial charge in [-0.3, -0.25) is 14.7 Å². The first-order valence-corrected chi connectivity index (χ1v) is 10.6. The fourth-order valence-electron chi connectivity index (χ4n) is 3.73. The first kappa shape index (κ1) is 24.7. The highest BCUT2D eigenvalue weighted by Crippen LogP contribution is 2.27. The zero-order chi connectivity index (χ0) is 25.9. The van der Waals surface area contributed by atoms with Crippen LogP contribution >= 0.6 is 0 Å². The molecule has 3 aromatic rings. The number of amides is 2. The second-order valence-corrected chi connectivity index (χ2v) is 7.89. The maximum absolute atomic E-state index is 14.1. The van der Waals surface area contributed by atoms with Gasteiger partial charge in [0.1, 0.15) is 11.6 Å². The lowest BCUT2D eigenvalue weighted by atomic mass is 10.0. The maximum Gasteiger partial charge on any atom is 0.573 e. The van der Waals surface area contributed by atoms with Crippen molar-refractivity contribution < 1.29 is 37.0 Å². The molecule has 0 radical (unpaired) electrons. The standard InChI is InChI=1S/C25H19F4N3O4/c26-17-8-11-20-19(13-17)21(12-15-6-9-18(10-7-15)36-25(27,28)29)30-22(23(33)31-20)32(24(34)35)14-16-4-2-1-3-5-16/h1-11,13,22H,12,14H2,(H,31,33)(H,34,35). The smallest absolute Gasteiger partial charge is 0.465 e. The minimum Gasteiger partial charge on any atom is -0.465 e. The minimum atomic E-state index is -4.85. The van der Waals surface area contributed by atoms with E-state index >= 15 is 0 Å². The number of carbonyl (C=O) groups excluding carboxylic acids is 1. The highest BCUT2D eigenvalue weighted by Gasteiger charge is 2.34. The summed E-state index contributed by atoms with van der Waals surface area (Å²) in [6, 6.07) is 17.2. The van der Waals surface area contributed by atoms with Crippen LogP contribution in [0.25, 0.3) is 0 Å². The van der Waals surface area contributed by atoms with Gasteiger partial charge in [0.2, 0.25) is 6.17 Å². The van der Waals surface area contributed by atoms with E-state index in [9.17, 15) is 32.3 Å². The number of aliphatic imine (C=N–C) groups is 1. The molecule has 0 saturated heterocycles. The zero-order valence-corrected chi connectivity index (χ0v) is 18.5. The van der Waals surface area contributed by atoms with E-state index in [1.807, 2.05) is 0 Å². The number of anilines is 1. The van der Waals surface area contributed by atoms with Crippen molar-refractivity contribution >= 4 is 23.4 Å². The molecule has 3 aromatic carbocycles. The van der Waals surface area contributed by atoms with Crippen molar-refractivity contribution in [3.63, 3.8) is 0 Å². The molecule has 11 heteroatoms. The molecule has 186 valence electrons. The number of ether oxygens (including phenoxy) is 1. The van der Waals surface area contributed by atoms with E-state index in [1.165, 1.54) is 18.2 Å². The van der Waals surface area contributed by atoms with Crippen LogP contribution in [-0.2, 0) is 17.8 Å². The number of carbonyl (C=O) groups is 2. The second kappa shape index (κ2) is 10.1. The van der Waals surface area contributed by atoms with Gasteiger partial charge in [-0.15, -0.1) is 13.2 Å². The molecule has 1 aliphatic rings. The third-order valence-electron chi connectivity index (χ3n) is 5.33. The number of nitrogens with zero attached hydrogens (tertiary/aromatic N) is 2. The average molecular weight is 501 g/mol. The number of carboxylic acid groups (broad SMARTS) is 1. The normalized spacial score (nSPS) is 15.3. The Morgan fingerprint density at radius 1 is 1.03 bits per heavy atom. The lowest BCUT2D eigenvalue weighted by Gasteiger charge is -2.25. The first-order valence-electron chi connectivity index (χ1n) is 10.6. The molecule has 36 heavy (non-hydrogen) atoms. The van der Waals surface area contributed by atoms with Gasteiger partial charge >= 0.3 is 12.5 Å². The van der Waals surface area contributed by atoms with Crippen molar-refractivity contribution in [1.82, 2.24) is 4.90 Å². The summed E-state index contributed by atoms with van der Waals surface area (Å²) in [5.41, 5.74) is 1.74. The van der Waals surface area contributed by atoms with Gasteiger partial charge in [0, 0.05) is 12.0 Å². The van der Waals surface area contributed by atoms with Crippen molar-refractivity contribution in [2.24, 2.45) is 4.99 Å². The Kier molecular flexibility index (Phi) is 6.91. The molecule has 0 aromatic heterocycles. The monoisotopic (exact) mass is 501 g/mol. The van der Waals surface area contributed by atoms with E-state index in [2.05, 4.69) is 15.0 Å². The van der Waals surface area contributed by atoms with Crippen LogP contribution in [0.5, 0.6) is 5.75 Å². The fourth-order valence-corrected chi connectivity index (χ4v) is 3.73. The van der Waals surface area contributed by atoms with Crippen molar-refractivity contribution in [3.8, 4) is 5.75 Å². The Morgan fingerprint density at radius 2 is 1.72 bits per heavy atom. The van der Waals surface area contributed by atoms with Gasteiger partial charge in [-0.1, -0.05) is 42.5 Å². The number of alkyl halides is 3. The SMILES string of the molecule is O=C1Nc2ccc(F)cc2C(Cc2ccc(OC(F)(F)F)cc2)=NC1N(Cc1ccccc1)C(=O)O. The molecule has 4 rings (SSSR count). The first-order chi connectivity index (χ1) is 17.1. The van der Waals surface area contributed by atoms with E-state index in [-0.39, 0.29) is 29.9 Å². The molecule has 0 aliphatic carbocycles. The number of benzene rings is 3. The number of hydrogen-bond acceptors (Lipinski definition) is 4. The van der Waals surface area contributed by atoms with Gasteiger partial charge in [0.05, 0.1) is 17.9 Å². The summed E-state index contributed by atoms with van der Waals surface area (Å²) < 4.78 is 55.4. The number of rotatable bonds is 6. The van der Waals surface area contributed by atoms with Crippen LogP contribution in [0.1, 0.15) is 16.7 Å². The molecule has 1 heterocycles. The van der Waals surface area contributed by atoms with Crippen LogP contribution in [0.2, 0.25) is 0 Å². The average Bonchev–Trinajstić information content (AvgIpc) is 2.94. The van der Waals surface area contributed by atoms with Crippen LogP contribution < -0.4 is 10.1 Å². The van der Waals surface area contributed by atoms with Crippen molar-refractivity contribution in [1.29, 1.82) is 0 Å². The van der Waals surface area contributed by atoms with E-state index < -0.39 is 36.1 Å². The Morgan fingerprint density at radius 3 is 2.36 bits per heavy atom. The predicted molar refractivity (Wildman–Crippen MR) is 122 cm³/mol. The van der Waals surface area contributed by atoms with Crippen LogP contribution in [0.15, 0.2) is 77.8 Å². The van der Waals surface area contributed by atoms with Gasteiger partial charge in [0.15, 0.2) is 0 Å². The summed E-state index contributed by atoms with van der Waals surface area (Å²) in [4.78, 5) is 30.4. The number of hydrogen-bond donors (Lipinski definition) is 2. The molecule has 1 unspecified atom stereocenters. The molecule has 2 amide bonds. The highest BCUT2D eigenvalue weighted by molar-refractivity contribution is 6.12. The molecule has 0 spiro atoms. The Hall–Kier alpha value is -4.41. The molecule has 0 bridgehead atoms. The van der Waals surface area contributed by atoms with Crippen LogP contribution in [-0.4, -0.2) is 40.2 Å². The minimum absolute atomic E-state index is 0.0208. The number of fused-ring (bicyclic) bond motifs is 1. The second-order valence-electron chi connectivity index (χ2n) is 7.89. The van der Waals surface area contributed by atoms with E-state index in [0.717, 1.165) is 29.2 Å². The Balaban J connectivity index is 1.71. The molecule has 7 nitrogen and oxygen atoms in total. The van der Waals surface area contributed by atoms with E-state index in [4.69, 9.17) is 0 Å². The molecular formula is C25H19F4N3O4. The summed E-state index contributed by atoms with van der Waals surface area (Å²) >= 11 is 0.